The predicted octanol–water partition coefficient (Wildman–Crippen LogP) is 0.940. The van der Waals surface area contributed by atoms with E-state index in [-0.39, 0.29) is 5.91 Å². The van der Waals surface area contributed by atoms with E-state index in [2.05, 4.69) is 14.9 Å². The molecular formula is C15H22N4O2. The molecule has 1 aromatic rings. The third kappa shape index (κ3) is 2.72. The van der Waals surface area contributed by atoms with Crippen LogP contribution in [0.5, 0.6) is 0 Å². The van der Waals surface area contributed by atoms with Gasteiger partial charge in [-0.25, -0.2) is 4.98 Å². The van der Waals surface area contributed by atoms with Crippen molar-refractivity contribution < 1.29 is 9.53 Å². The van der Waals surface area contributed by atoms with Crippen molar-refractivity contribution >= 4 is 11.7 Å². The number of anilines is 1. The minimum absolute atomic E-state index is 0.131. The zero-order chi connectivity index (χ0) is 14.9. The van der Waals surface area contributed by atoms with Gasteiger partial charge in [0, 0.05) is 45.7 Å². The summed E-state index contributed by atoms with van der Waals surface area (Å²) < 4.78 is 5.56. The topological polar surface area (TPSA) is 58.6 Å². The summed E-state index contributed by atoms with van der Waals surface area (Å²) in [5, 5.41) is 0. The lowest BCUT2D eigenvalue weighted by Gasteiger charge is -2.39. The fourth-order valence-corrected chi connectivity index (χ4v) is 2.97. The highest BCUT2D eigenvalue weighted by atomic mass is 16.5. The van der Waals surface area contributed by atoms with Crippen LogP contribution in [0, 0.1) is 5.92 Å². The molecule has 0 bridgehead atoms. The van der Waals surface area contributed by atoms with Crippen LogP contribution in [-0.4, -0.2) is 59.7 Å². The van der Waals surface area contributed by atoms with Gasteiger partial charge in [-0.2, -0.15) is 0 Å². The molecule has 1 amide bonds. The zero-order valence-electron chi connectivity index (χ0n) is 12.7. The number of aromatic nitrogens is 2. The van der Waals surface area contributed by atoms with Crippen LogP contribution in [0.4, 0.5) is 5.82 Å². The summed E-state index contributed by atoms with van der Waals surface area (Å²) in [6, 6.07) is 0. The molecule has 2 heterocycles. The Morgan fingerprint density at radius 2 is 2.00 bits per heavy atom. The first-order valence-corrected chi connectivity index (χ1v) is 7.50. The Morgan fingerprint density at radius 3 is 2.52 bits per heavy atom. The quantitative estimate of drug-likeness (QED) is 0.826. The van der Waals surface area contributed by atoms with Crippen molar-refractivity contribution in [1.29, 1.82) is 0 Å². The Hall–Kier alpha value is -1.69. The molecule has 0 N–H and O–H groups in total. The van der Waals surface area contributed by atoms with Crippen LogP contribution in [0.3, 0.4) is 0 Å². The van der Waals surface area contributed by atoms with Crippen LogP contribution < -0.4 is 4.90 Å². The van der Waals surface area contributed by atoms with Crippen LogP contribution in [0.1, 0.15) is 19.8 Å². The third-order valence-electron chi connectivity index (χ3n) is 4.65. The van der Waals surface area contributed by atoms with Gasteiger partial charge >= 0.3 is 0 Å². The smallest absolute Gasteiger partial charge is 0.254 e. The molecule has 0 aromatic carbocycles. The van der Waals surface area contributed by atoms with Crippen molar-refractivity contribution in [2.24, 2.45) is 5.92 Å². The molecular weight excluding hydrogens is 268 g/mol. The van der Waals surface area contributed by atoms with Crippen LogP contribution in [-0.2, 0) is 9.53 Å². The first-order chi connectivity index (χ1) is 10.1. The minimum atomic E-state index is -0.644. The van der Waals surface area contributed by atoms with Gasteiger partial charge in [0.05, 0.1) is 6.20 Å². The minimum Gasteiger partial charge on any atom is -0.368 e. The Bertz CT molecular complexity index is 498. The fraction of sp³-hybridized carbons (Fsp3) is 0.667. The number of hydrogen-bond donors (Lipinski definition) is 0. The van der Waals surface area contributed by atoms with E-state index < -0.39 is 5.60 Å². The number of carbonyl (C=O) groups is 1. The highest BCUT2D eigenvalue weighted by molar-refractivity contribution is 5.86. The van der Waals surface area contributed by atoms with Crippen molar-refractivity contribution in [2.75, 3.05) is 38.2 Å². The molecule has 3 rings (SSSR count). The van der Waals surface area contributed by atoms with Gasteiger partial charge in [-0.1, -0.05) is 0 Å². The van der Waals surface area contributed by atoms with Gasteiger partial charge < -0.3 is 14.5 Å². The maximum Gasteiger partial charge on any atom is 0.254 e. The number of hydrogen-bond acceptors (Lipinski definition) is 5. The lowest BCUT2D eigenvalue weighted by atomic mass is 9.97. The summed E-state index contributed by atoms with van der Waals surface area (Å²) in [5.74, 6) is 1.39. The van der Waals surface area contributed by atoms with Crippen molar-refractivity contribution in [3.8, 4) is 0 Å². The van der Waals surface area contributed by atoms with E-state index in [9.17, 15) is 4.79 Å². The molecule has 1 saturated carbocycles. The normalized spacial score (nSPS) is 22.0. The molecule has 0 unspecified atom stereocenters. The molecule has 2 aliphatic rings. The monoisotopic (exact) mass is 290 g/mol. The molecule has 0 spiro atoms. The van der Waals surface area contributed by atoms with Crippen LogP contribution >= 0.6 is 0 Å². The first kappa shape index (κ1) is 14.3. The third-order valence-corrected chi connectivity index (χ3v) is 4.65. The van der Waals surface area contributed by atoms with Gasteiger partial charge in [-0.05, 0) is 25.7 Å². The predicted molar refractivity (Wildman–Crippen MR) is 79.0 cm³/mol. The first-order valence-electron chi connectivity index (χ1n) is 7.50. The van der Waals surface area contributed by atoms with E-state index in [4.69, 9.17) is 4.74 Å². The van der Waals surface area contributed by atoms with Crippen LogP contribution in [0.2, 0.25) is 0 Å². The maximum atomic E-state index is 12.7. The van der Waals surface area contributed by atoms with Crippen molar-refractivity contribution in [2.45, 2.75) is 25.4 Å². The van der Waals surface area contributed by atoms with Gasteiger partial charge in [-0.15, -0.1) is 0 Å². The largest absolute Gasteiger partial charge is 0.368 e. The second kappa shape index (κ2) is 5.60. The highest BCUT2D eigenvalue weighted by Crippen LogP contribution is 2.42. The van der Waals surface area contributed by atoms with E-state index in [1.165, 1.54) is 0 Å². The molecule has 21 heavy (non-hydrogen) atoms. The molecule has 1 saturated heterocycles. The molecule has 114 valence electrons. The number of piperazine rings is 1. The maximum absolute atomic E-state index is 12.7. The summed E-state index contributed by atoms with van der Waals surface area (Å²) in [4.78, 5) is 25.2. The average Bonchev–Trinajstić information content (AvgIpc) is 3.40. The fourth-order valence-electron chi connectivity index (χ4n) is 2.97. The molecule has 0 radical (unpaired) electrons. The Kier molecular flexibility index (Phi) is 3.80. The van der Waals surface area contributed by atoms with E-state index in [1.807, 2.05) is 11.8 Å². The lowest BCUT2D eigenvalue weighted by molar-refractivity contribution is -0.155. The second-order valence-electron chi connectivity index (χ2n) is 5.93. The second-order valence-corrected chi connectivity index (χ2v) is 5.93. The van der Waals surface area contributed by atoms with E-state index in [1.54, 1.807) is 25.7 Å². The van der Waals surface area contributed by atoms with Crippen LogP contribution in [0.15, 0.2) is 18.6 Å². The van der Waals surface area contributed by atoms with Crippen molar-refractivity contribution in [3.63, 3.8) is 0 Å². The van der Waals surface area contributed by atoms with E-state index in [0.717, 1.165) is 31.7 Å². The Morgan fingerprint density at radius 1 is 1.29 bits per heavy atom. The van der Waals surface area contributed by atoms with Gasteiger partial charge in [0.2, 0.25) is 0 Å². The number of carbonyl (C=O) groups excluding carboxylic acids is 1. The number of ether oxygens (including phenoxy) is 1. The summed E-state index contributed by atoms with van der Waals surface area (Å²) in [7, 11) is 1.64. The number of methoxy groups -OCH3 is 1. The standard InChI is InChI=1S/C15H22N4O2/c1-15(21-2,12-3-4-12)14(20)19-9-7-18(8-10-19)13-11-16-5-6-17-13/h5-6,11-12H,3-4,7-10H2,1-2H3/t15-/m0/s1. The lowest BCUT2D eigenvalue weighted by Crippen LogP contribution is -2.56. The summed E-state index contributed by atoms with van der Waals surface area (Å²) in [6.07, 6.45) is 7.32. The summed E-state index contributed by atoms with van der Waals surface area (Å²) in [5.41, 5.74) is -0.644. The van der Waals surface area contributed by atoms with Crippen molar-refractivity contribution in [1.82, 2.24) is 14.9 Å². The molecule has 1 atom stereocenters. The Balaban J connectivity index is 1.62. The SMILES string of the molecule is CO[C@](C)(C(=O)N1CCN(c2cnccn2)CC1)C1CC1. The van der Waals surface area contributed by atoms with Gasteiger partial charge in [-0.3, -0.25) is 9.78 Å². The van der Waals surface area contributed by atoms with Crippen molar-refractivity contribution in [3.05, 3.63) is 18.6 Å². The van der Waals surface area contributed by atoms with Gasteiger partial charge in [0.15, 0.2) is 0 Å². The molecule has 1 aliphatic carbocycles. The molecule has 1 aliphatic heterocycles. The Labute approximate surface area is 125 Å². The molecule has 2 fully saturated rings. The van der Waals surface area contributed by atoms with E-state index in [0.29, 0.717) is 19.0 Å². The molecule has 1 aromatic heterocycles. The van der Waals surface area contributed by atoms with Crippen LogP contribution in [0.25, 0.3) is 0 Å². The van der Waals surface area contributed by atoms with Gasteiger partial charge in [0.1, 0.15) is 11.4 Å². The number of amides is 1. The molecule has 6 heteroatoms. The van der Waals surface area contributed by atoms with E-state index >= 15 is 0 Å². The number of nitrogens with zero attached hydrogens (tertiary/aromatic N) is 4. The zero-order valence-corrected chi connectivity index (χ0v) is 12.7. The molecule has 6 nitrogen and oxygen atoms in total. The summed E-state index contributed by atoms with van der Waals surface area (Å²) in [6.45, 7) is 4.92. The number of rotatable bonds is 4. The highest BCUT2D eigenvalue weighted by Gasteiger charge is 2.49. The average molecular weight is 290 g/mol. The summed E-state index contributed by atoms with van der Waals surface area (Å²) >= 11 is 0. The van der Waals surface area contributed by atoms with Gasteiger partial charge in [0.25, 0.3) is 5.91 Å².